The molecule has 5 aromatic carbocycles. The van der Waals surface area contributed by atoms with Crippen molar-refractivity contribution in [1.82, 2.24) is 10.6 Å². The minimum absolute atomic E-state index is 0.0241. The summed E-state index contributed by atoms with van der Waals surface area (Å²) in [7, 11) is 3.07. The summed E-state index contributed by atoms with van der Waals surface area (Å²) in [6.07, 6.45) is 2.39. The number of methoxy groups -OCH3 is 2. The summed E-state index contributed by atoms with van der Waals surface area (Å²) in [6, 6.07) is 28.5. The maximum atomic E-state index is 15.4. The maximum Gasteiger partial charge on any atom is 0.308 e. The van der Waals surface area contributed by atoms with Crippen molar-refractivity contribution in [1.29, 1.82) is 0 Å². The number of nitrogens with two attached hydrogens (primary N) is 2. The van der Waals surface area contributed by atoms with Gasteiger partial charge in [0.25, 0.3) is 5.91 Å². The number of carbonyl (C=O) groups excluding carboxylic acids is 6. The molecule has 0 spiro atoms. The van der Waals surface area contributed by atoms with Gasteiger partial charge in [0.15, 0.2) is 18.2 Å². The third-order valence-electron chi connectivity index (χ3n) is 14.4. The fraction of sp³-hybridized carbons (Fsp3) is 0.471. The first-order chi connectivity index (χ1) is 41.3. The minimum atomic E-state index is -1.45. The number of Topliss-reactive ketones (excluding diaryl/α,β-unsaturated/α-hetero) is 2. The Morgan fingerprint density at radius 3 is 1.95 bits per heavy atom. The first-order valence-corrected chi connectivity index (χ1v) is 29.7. The highest BCUT2D eigenvalue weighted by Crippen LogP contribution is 2.38. The number of benzene rings is 5. The average Bonchev–Trinajstić information content (AvgIpc) is 3.38. The van der Waals surface area contributed by atoms with E-state index in [2.05, 4.69) is 45.8 Å². The molecule has 0 bridgehead atoms. The van der Waals surface area contributed by atoms with Crippen LogP contribution in [0.2, 0.25) is 0 Å². The van der Waals surface area contributed by atoms with E-state index in [4.69, 9.17) is 45.4 Å². The molecule has 1 unspecified atom stereocenters. The zero-order valence-electron chi connectivity index (χ0n) is 52.5. The lowest BCUT2D eigenvalue weighted by Crippen LogP contribution is -2.52. The number of hydrogen-bond donors (Lipinski definition) is 4. The second-order valence-corrected chi connectivity index (χ2v) is 23.9. The average molecular weight is 1200 g/mol. The van der Waals surface area contributed by atoms with Crippen molar-refractivity contribution in [2.24, 2.45) is 22.5 Å². The molecule has 6 N–H and O–H groups in total. The minimum Gasteiger partial charge on any atom is -0.497 e. The molecule has 0 aliphatic carbocycles. The van der Waals surface area contributed by atoms with Crippen LogP contribution in [0.15, 0.2) is 108 Å². The molecule has 0 saturated carbocycles. The van der Waals surface area contributed by atoms with Gasteiger partial charge < -0.3 is 50.5 Å². The van der Waals surface area contributed by atoms with Gasteiger partial charge in [-0.15, -0.1) is 0 Å². The van der Waals surface area contributed by atoms with E-state index in [-0.39, 0.29) is 38.3 Å². The SMILES string of the molecule is CCc1cc(OCCCCN=[N+]=[N-])ccc1-c1ccc(C[C@H](CC(=O)[C@H](CC(=O)OC(C)(C)C)NC(=O)[C@@H](N)COC(C)(C)C)C(=O)N[C@@H](CCCc2cc(C)cc(C)c2)C(=O)CC(c2ccc(OCC(N)=O)cc2)c2ccc(OC)cc2OC)cc1. The molecule has 468 valence electrons. The molecule has 87 heavy (non-hydrogen) atoms. The number of nitrogens with one attached hydrogen (secondary N) is 2. The highest BCUT2D eigenvalue weighted by atomic mass is 16.6. The van der Waals surface area contributed by atoms with Crippen molar-refractivity contribution in [2.45, 2.75) is 162 Å². The van der Waals surface area contributed by atoms with E-state index in [0.29, 0.717) is 72.8 Å². The Labute approximate surface area is 512 Å². The molecule has 5 rings (SSSR count). The lowest BCUT2D eigenvalue weighted by atomic mass is 9.84. The zero-order valence-corrected chi connectivity index (χ0v) is 52.5. The number of hydrogen-bond acceptors (Lipinski definition) is 14. The summed E-state index contributed by atoms with van der Waals surface area (Å²) in [6.45, 7) is 17.0. The maximum absolute atomic E-state index is 15.4. The fourth-order valence-electron chi connectivity index (χ4n) is 10.1. The van der Waals surface area contributed by atoms with E-state index in [1.807, 2.05) is 83.1 Å². The molecular formula is C68H89N7O12. The van der Waals surface area contributed by atoms with E-state index >= 15 is 9.59 Å². The van der Waals surface area contributed by atoms with Gasteiger partial charge >= 0.3 is 5.97 Å². The van der Waals surface area contributed by atoms with Gasteiger partial charge in [-0.1, -0.05) is 89.9 Å². The van der Waals surface area contributed by atoms with Gasteiger partial charge in [-0.25, -0.2) is 0 Å². The van der Waals surface area contributed by atoms with Crippen LogP contribution in [0, 0.1) is 19.8 Å². The quantitative estimate of drug-likeness (QED) is 0.00966. The van der Waals surface area contributed by atoms with E-state index in [1.165, 1.54) is 7.11 Å². The van der Waals surface area contributed by atoms with Gasteiger partial charge in [-0.2, -0.15) is 0 Å². The highest BCUT2D eigenvalue weighted by Gasteiger charge is 2.35. The molecule has 0 aliphatic rings. The molecule has 0 fully saturated rings. The normalized spacial score (nSPS) is 13.1. The van der Waals surface area contributed by atoms with Crippen molar-refractivity contribution >= 4 is 35.3 Å². The standard InChI is InChI=1S/C68H89N7O12/c1-12-47-36-53(84-31-14-13-30-72-75-71)27-28-54(47)48-20-18-45(19-21-48)35-50(37-60(76)59(40-64(79)87-68(7,8)9)74-66(81)57(69)41-86-67(4,5)6)65(80)73-58(17-15-16-46-33-43(2)32-44(3)34-46)61(77)39-56(55-29-26-52(82-10)38-62(55)83-11)49-22-24-51(25-23-49)85-42-63(70)78/h18-29,32-34,36,38,50,56-59H,12-17,30-31,35,37,39-42,69H2,1-11H3,(H2,70,78)(H,73,80)(H,74,81)/t50-,56?,57+,58+,59+/m1/s1. The first-order valence-electron chi connectivity index (χ1n) is 29.7. The molecular weight excluding hydrogens is 1110 g/mol. The second-order valence-electron chi connectivity index (χ2n) is 23.9. The Bertz CT molecular complexity index is 3140. The molecule has 5 aromatic rings. The third-order valence-corrected chi connectivity index (χ3v) is 14.4. The molecule has 0 heterocycles. The number of ketones is 2. The van der Waals surface area contributed by atoms with Crippen LogP contribution < -0.4 is 41.0 Å². The summed E-state index contributed by atoms with van der Waals surface area (Å²) < 4.78 is 34.5. The number of nitrogens with zero attached hydrogens (tertiary/aromatic N) is 3. The molecule has 0 aliphatic heterocycles. The lowest BCUT2D eigenvalue weighted by Gasteiger charge is -2.27. The van der Waals surface area contributed by atoms with E-state index in [9.17, 15) is 19.2 Å². The number of aryl methyl sites for hydroxylation is 4. The molecule has 19 heteroatoms. The van der Waals surface area contributed by atoms with Crippen molar-refractivity contribution in [3.05, 3.63) is 153 Å². The Morgan fingerprint density at radius 2 is 1.33 bits per heavy atom. The number of unbranched alkanes of at least 4 members (excludes halogenated alkanes) is 1. The molecule has 0 radical (unpaired) electrons. The number of ether oxygens (including phenoxy) is 6. The summed E-state index contributed by atoms with van der Waals surface area (Å²) in [4.78, 5) is 87.4. The fourth-order valence-corrected chi connectivity index (χ4v) is 10.1. The zero-order chi connectivity index (χ0) is 63.8. The summed E-state index contributed by atoms with van der Waals surface area (Å²) in [5.41, 5.74) is 27.0. The lowest BCUT2D eigenvalue weighted by molar-refractivity contribution is -0.156. The second kappa shape index (κ2) is 33.6. The van der Waals surface area contributed by atoms with Crippen LogP contribution in [0.4, 0.5) is 0 Å². The molecule has 0 aromatic heterocycles. The van der Waals surface area contributed by atoms with Gasteiger partial charge in [0, 0.05) is 47.8 Å². The number of amides is 3. The molecule has 19 nitrogen and oxygen atoms in total. The topological polar surface area (TPSA) is 283 Å². The third kappa shape index (κ3) is 23.5. The number of rotatable bonds is 35. The summed E-state index contributed by atoms with van der Waals surface area (Å²) >= 11 is 0. The van der Waals surface area contributed by atoms with Gasteiger partial charge in [-0.3, -0.25) is 28.8 Å². The molecule has 5 atom stereocenters. The predicted octanol–water partition coefficient (Wildman–Crippen LogP) is 10.7. The van der Waals surface area contributed by atoms with Gasteiger partial charge in [0.2, 0.25) is 11.8 Å². The van der Waals surface area contributed by atoms with Crippen LogP contribution in [-0.4, -0.2) is 105 Å². The number of azide groups is 1. The van der Waals surface area contributed by atoms with Crippen LogP contribution in [0.1, 0.15) is 138 Å². The van der Waals surface area contributed by atoms with Crippen LogP contribution >= 0.6 is 0 Å². The Morgan fingerprint density at radius 1 is 0.678 bits per heavy atom. The van der Waals surface area contributed by atoms with E-state index in [0.717, 1.165) is 45.6 Å². The van der Waals surface area contributed by atoms with Crippen molar-refractivity contribution in [2.75, 3.05) is 40.6 Å². The number of carbonyl (C=O) groups is 6. The monoisotopic (exact) mass is 1200 g/mol. The Balaban J connectivity index is 1.56. The predicted molar refractivity (Wildman–Crippen MR) is 336 cm³/mol. The molecule has 0 saturated heterocycles. The number of primary amides is 1. The number of esters is 1. The highest BCUT2D eigenvalue weighted by molar-refractivity contribution is 5.97. The Hall–Kier alpha value is -8.25. The van der Waals surface area contributed by atoms with Crippen LogP contribution in [0.25, 0.3) is 21.6 Å². The van der Waals surface area contributed by atoms with Crippen LogP contribution in [-0.2, 0) is 57.5 Å². The molecule has 3 amide bonds. The van der Waals surface area contributed by atoms with Gasteiger partial charge in [-0.05, 0) is 170 Å². The van der Waals surface area contributed by atoms with Gasteiger partial charge in [0.1, 0.15) is 34.6 Å². The largest absolute Gasteiger partial charge is 0.497 e. The van der Waals surface area contributed by atoms with Crippen LogP contribution in [0.5, 0.6) is 23.0 Å². The van der Waals surface area contributed by atoms with Crippen LogP contribution in [0.3, 0.4) is 0 Å². The smallest absolute Gasteiger partial charge is 0.308 e. The van der Waals surface area contributed by atoms with Crippen molar-refractivity contribution < 1.29 is 57.2 Å². The summed E-state index contributed by atoms with van der Waals surface area (Å²) in [5.74, 6) is -3.32. The van der Waals surface area contributed by atoms with E-state index in [1.54, 1.807) is 64.3 Å². The van der Waals surface area contributed by atoms with Crippen molar-refractivity contribution in [3.8, 4) is 34.1 Å². The summed E-state index contributed by atoms with van der Waals surface area (Å²) in [5, 5.41) is 9.40. The van der Waals surface area contributed by atoms with Crippen molar-refractivity contribution in [3.63, 3.8) is 0 Å². The van der Waals surface area contributed by atoms with Gasteiger partial charge in [0.05, 0.1) is 51.5 Å². The first kappa shape index (κ1) is 69.5. The van der Waals surface area contributed by atoms with E-state index < -0.39 is 83.5 Å². The Kier molecular flexibility index (Phi) is 26.8.